The molecule has 2 unspecified atom stereocenters. The second-order valence-electron chi connectivity index (χ2n) is 6.53. The number of amides is 2. The molecule has 2 aromatic rings. The van der Waals surface area contributed by atoms with Crippen LogP contribution in [0.15, 0.2) is 28.9 Å². The fraction of sp³-hybridized carbons (Fsp3) is 0.444. The summed E-state index contributed by atoms with van der Waals surface area (Å²) < 4.78 is 5.47. The lowest BCUT2D eigenvalue weighted by molar-refractivity contribution is 0.0464. The molecule has 24 heavy (non-hydrogen) atoms. The van der Waals surface area contributed by atoms with Gasteiger partial charge >= 0.3 is 6.03 Å². The van der Waals surface area contributed by atoms with E-state index >= 15 is 0 Å². The third-order valence-electron chi connectivity index (χ3n) is 4.54. The minimum atomic E-state index is -0.464. The number of anilines is 1. The summed E-state index contributed by atoms with van der Waals surface area (Å²) in [6, 6.07) is 5.45. The van der Waals surface area contributed by atoms with E-state index in [1.165, 1.54) is 0 Å². The van der Waals surface area contributed by atoms with E-state index < -0.39 is 6.10 Å². The number of piperidine rings is 1. The minimum absolute atomic E-state index is 0.195. The molecule has 1 aliphatic rings. The van der Waals surface area contributed by atoms with Crippen molar-refractivity contribution in [1.29, 1.82) is 0 Å². The number of aromatic nitrogens is 1. The minimum Gasteiger partial charge on any atom is -0.444 e. The van der Waals surface area contributed by atoms with E-state index in [0.29, 0.717) is 24.7 Å². The number of aliphatic hydroxyl groups is 1. The summed E-state index contributed by atoms with van der Waals surface area (Å²) in [5, 5.41) is 12.8. The van der Waals surface area contributed by atoms with Crippen LogP contribution in [0.25, 0.3) is 11.5 Å². The molecule has 1 fully saturated rings. The Labute approximate surface area is 141 Å². The number of aryl methyl sites for hydroxylation is 2. The zero-order valence-electron chi connectivity index (χ0n) is 14.2. The van der Waals surface area contributed by atoms with Gasteiger partial charge in [0.15, 0.2) is 0 Å². The van der Waals surface area contributed by atoms with Gasteiger partial charge in [-0.05, 0) is 43.9 Å². The maximum atomic E-state index is 12.4. The molecule has 2 amide bonds. The van der Waals surface area contributed by atoms with Gasteiger partial charge in [-0.2, -0.15) is 0 Å². The Morgan fingerprint density at radius 1 is 1.42 bits per heavy atom. The van der Waals surface area contributed by atoms with Gasteiger partial charge in [-0.15, -0.1) is 0 Å². The third kappa shape index (κ3) is 3.43. The van der Waals surface area contributed by atoms with Crippen molar-refractivity contribution in [1.82, 2.24) is 9.88 Å². The molecule has 6 heteroatoms. The fourth-order valence-corrected chi connectivity index (χ4v) is 2.84. The molecular weight excluding hydrogens is 306 g/mol. The highest BCUT2D eigenvalue weighted by molar-refractivity contribution is 5.90. The highest BCUT2D eigenvalue weighted by Crippen LogP contribution is 2.26. The molecule has 0 aliphatic carbocycles. The molecule has 0 spiro atoms. The van der Waals surface area contributed by atoms with Crippen LogP contribution in [0, 0.1) is 19.8 Å². The van der Waals surface area contributed by atoms with Crippen molar-refractivity contribution in [2.75, 3.05) is 18.4 Å². The number of carbonyl (C=O) groups is 1. The van der Waals surface area contributed by atoms with Gasteiger partial charge in [0.1, 0.15) is 6.26 Å². The Morgan fingerprint density at radius 2 is 2.21 bits per heavy atom. The van der Waals surface area contributed by atoms with Crippen LogP contribution < -0.4 is 5.32 Å². The fourth-order valence-electron chi connectivity index (χ4n) is 2.84. The lowest BCUT2D eigenvalue weighted by Crippen LogP contribution is -2.47. The molecule has 0 radical (unpaired) electrons. The van der Waals surface area contributed by atoms with Crippen LogP contribution >= 0.6 is 0 Å². The van der Waals surface area contributed by atoms with Gasteiger partial charge in [-0.3, -0.25) is 0 Å². The Kier molecular flexibility index (Phi) is 4.57. The number of carbonyl (C=O) groups excluding carboxylic acids is 1. The summed E-state index contributed by atoms with van der Waals surface area (Å²) in [5.74, 6) is 0.775. The first-order valence-corrected chi connectivity index (χ1v) is 8.21. The van der Waals surface area contributed by atoms with Gasteiger partial charge in [-0.25, -0.2) is 9.78 Å². The molecule has 2 heterocycles. The number of likely N-dealkylation sites (tertiary alicyclic amines) is 1. The topological polar surface area (TPSA) is 78.6 Å². The van der Waals surface area contributed by atoms with Crippen molar-refractivity contribution < 1.29 is 14.3 Å². The van der Waals surface area contributed by atoms with Crippen LogP contribution in [0.5, 0.6) is 0 Å². The lowest BCUT2D eigenvalue weighted by atomic mass is 9.96. The number of oxazole rings is 1. The molecule has 3 rings (SSSR count). The van der Waals surface area contributed by atoms with Crippen LogP contribution in [-0.4, -0.2) is 40.2 Å². The standard InChI is InChI=1S/C18H23N3O3/c1-11-4-5-14(8-15(11)17-19-13(3)10-24-17)20-18(23)21-7-6-12(2)16(22)9-21/h4-5,8,10,12,16,22H,6-7,9H2,1-3H3,(H,20,23). The van der Waals surface area contributed by atoms with Gasteiger partial charge in [0, 0.05) is 24.3 Å². The lowest BCUT2D eigenvalue weighted by Gasteiger charge is -2.34. The number of aliphatic hydroxyl groups excluding tert-OH is 1. The first-order chi connectivity index (χ1) is 11.4. The van der Waals surface area contributed by atoms with Gasteiger partial charge in [0.2, 0.25) is 5.89 Å². The second kappa shape index (κ2) is 6.65. The van der Waals surface area contributed by atoms with Crippen molar-refractivity contribution in [3.63, 3.8) is 0 Å². The van der Waals surface area contributed by atoms with Crippen molar-refractivity contribution >= 4 is 11.7 Å². The number of rotatable bonds is 2. The quantitative estimate of drug-likeness (QED) is 0.887. The molecule has 1 aromatic heterocycles. The zero-order valence-corrected chi connectivity index (χ0v) is 14.2. The van der Waals surface area contributed by atoms with Crippen LogP contribution in [0.1, 0.15) is 24.6 Å². The van der Waals surface area contributed by atoms with Crippen molar-refractivity contribution in [3.05, 3.63) is 35.7 Å². The normalized spacial score (nSPS) is 20.9. The zero-order chi connectivity index (χ0) is 17.3. The van der Waals surface area contributed by atoms with Gasteiger partial charge in [0.25, 0.3) is 0 Å². The molecule has 1 aromatic carbocycles. The van der Waals surface area contributed by atoms with Crippen molar-refractivity contribution in [2.45, 2.75) is 33.3 Å². The average molecular weight is 329 g/mol. The Hall–Kier alpha value is -2.34. The average Bonchev–Trinajstić information content (AvgIpc) is 2.98. The van der Waals surface area contributed by atoms with Crippen LogP contribution in [0.3, 0.4) is 0 Å². The molecule has 128 valence electrons. The van der Waals surface area contributed by atoms with E-state index in [9.17, 15) is 9.90 Å². The third-order valence-corrected chi connectivity index (χ3v) is 4.54. The van der Waals surface area contributed by atoms with E-state index in [1.807, 2.05) is 39.0 Å². The van der Waals surface area contributed by atoms with Gasteiger partial charge in [-0.1, -0.05) is 13.0 Å². The number of urea groups is 1. The maximum Gasteiger partial charge on any atom is 0.321 e. The number of β-amino-alcohol motifs (C(OH)–C–C–N with tert-alkyl or cyclic N) is 1. The summed E-state index contributed by atoms with van der Waals surface area (Å²) in [5.41, 5.74) is 3.38. The van der Waals surface area contributed by atoms with Crippen molar-refractivity contribution in [2.24, 2.45) is 5.92 Å². The number of benzene rings is 1. The van der Waals surface area contributed by atoms with E-state index in [-0.39, 0.29) is 11.9 Å². The smallest absolute Gasteiger partial charge is 0.321 e. The predicted molar refractivity (Wildman–Crippen MR) is 91.8 cm³/mol. The summed E-state index contributed by atoms with van der Waals surface area (Å²) in [7, 11) is 0. The molecule has 2 atom stereocenters. The summed E-state index contributed by atoms with van der Waals surface area (Å²) in [6.07, 6.45) is 1.95. The SMILES string of the molecule is Cc1coc(-c2cc(NC(=O)N3CCC(C)C(O)C3)ccc2C)n1. The molecule has 0 saturated carbocycles. The van der Waals surface area contributed by atoms with Crippen LogP contribution in [0.2, 0.25) is 0 Å². The Bertz CT molecular complexity index is 741. The van der Waals surface area contributed by atoms with E-state index in [4.69, 9.17) is 4.42 Å². The molecule has 6 nitrogen and oxygen atoms in total. The molecular formula is C18H23N3O3. The van der Waals surface area contributed by atoms with Gasteiger partial charge in [0.05, 0.1) is 11.8 Å². The van der Waals surface area contributed by atoms with Gasteiger partial charge < -0.3 is 19.7 Å². The molecule has 1 saturated heterocycles. The largest absolute Gasteiger partial charge is 0.444 e. The van der Waals surface area contributed by atoms with E-state index in [1.54, 1.807) is 11.2 Å². The Morgan fingerprint density at radius 3 is 2.88 bits per heavy atom. The van der Waals surface area contributed by atoms with E-state index in [2.05, 4.69) is 10.3 Å². The first-order valence-electron chi connectivity index (χ1n) is 8.21. The molecule has 0 bridgehead atoms. The molecule has 1 aliphatic heterocycles. The predicted octanol–water partition coefficient (Wildman–Crippen LogP) is 3.19. The monoisotopic (exact) mass is 329 g/mol. The maximum absolute atomic E-state index is 12.4. The summed E-state index contributed by atoms with van der Waals surface area (Å²) >= 11 is 0. The number of nitrogens with one attached hydrogen (secondary N) is 1. The van der Waals surface area contributed by atoms with Crippen LogP contribution in [0.4, 0.5) is 10.5 Å². The first kappa shape index (κ1) is 16.5. The van der Waals surface area contributed by atoms with Crippen LogP contribution in [-0.2, 0) is 0 Å². The van der Waals surface area contributed by atoms with E-state index in [0.717, 1.165) is 23.2 Å². The second-order valence-corrected chi connectivity index (χ2v) is 6.53. The number of nitrogens with zero attached hydrogens (tertiary/aromatic N) is 2. The van der Waals surface area contributed by atoms with Crippen molar-refractivity contribution in [3.8, 4) is 11.5 Å². The Balaban J connectivity index is 1.75. The number of hydrogen-bond acceptors (Lipinski definition) is 4. The summed E-state index contributed by atoms with van der Waals surface area (Å²) in [6.45, 7) is 6.87. The number of hydrogen-bond donors (Lipinski definition) is 2. The highest BCUT2D eigenvalue weighted by Gasteiger charge is 2.27. The summed E-state index contributed by atoms with van der Waals surface area (Å²) in [4.78, 5) is 18.4. The molecule has 2 N–H and O–H groups in total. The highest BCUT2D eigenvalue weighted by atomic mass is 16.3.